The minimum atomic E-state index is -0.161. The fraction of sp³-hybridized carbons (Fsp3) is 0.875. The van der Waals surface area contributed by atoms with Crippen LogP contribution in [0.1, 0.15) is 19.8 Å². The quantitative estimate of drug-likeness (QED) is 0.562. The summed E-state index contributed by atoms with van der Waals surface area (Å²) in [5.74, 6) is 0.382. The van der Waals surface area contributed by atoms with Crippen LogP contribution in [-0.4, -0.2) is 31.3 Å². The molecule has 4 heteroatoms. The number of aliphatic hydroxyl groups is 1. The van der Waals surface area contributed by atoms with Crippen LogP contribution in [0.2, 0.25) is 0 Å². The Morgan fingerprint density at radius 1 is 1.58 bits per heavy atom. The molecule has 0 aromatic carbocycles. The summed E-state index contributed by atoms with van der Waals surface area (Å²) in [4.78, 5) is 10.8. The monoisotopic (exact) mass is 174 g/mol. The Balaban J connectivity index is 3.50. The Hall–Kier alpha value is -0.770. The van der Waals surface area contributed by atoms with E-state index in [0.29, 0.717) is 12.5 Å². The van der Waals surface area contributed by atoms with E-state index in [0.717, 1.165) is 12.8 Å². The van der Waals surface area contributed by atoms with Crippen LogP contribution in [0.15, 0.2) is 0 Å². The number of carbonyl (C=O) groups excluding carboxylic acids is 1. The molecule has 0 aromatic heterocycles. The Morgan fingerprint density at radius 2 is 2.25 bits per heavy atom. The van der Waals surface area contributed by atoms with Crippen LogP contribution < -0.4 is 10.6 Å². The molecule has 0 aliphatic heterocycles. The highest BCUT2D eigenvalue weighted by Crippen LogP contribution is 2.04. The molecule has 0 saturated heterocycles. The van der Waals surface area contributed by atoms with E-state index in [1.807, 2.05) is 6.92 Å². The maximum absolute atomic E-state index is 10.8. The van der Waals surface area contributed by atoms with Crippen molar-refractivity contribution in [2.75, 3.05) is 20.2 Å². The van der Waals surface area contributed by atoms with Crippen LogP contribution in [0.3, 0.4) is 0 Å². The highest BCUT2D eigenvalue weighted by Gasteiger charge is 2.06. The molecule has 2 amide bonds. The van der Waals surface area contributed by atoms with Gasteiger partial charge in [-0.25, -0.2) is 4.79 Å². The second-order valence-electron chi connectivity index (χ2n) is 2.75. The normalized spacial score (nSPS) is 12.2. The van der Waals surface area contributed by atoms with E-state index < -0.39 is 0 Å². The van der Waals surface area contributed by atoms with Gasteiger partial charge in [-0.2, -0.15) is 0 Å². The first-order valence-corrected chi connectivity index (χ1v) is 4.31. The number of rotatable bonds is 5. The van der Waals surface area contributed by atoms with Gasteiger partial charge >= 0.3 is 6.03 Å². The molecule has 1 atom stereocenters. The second kappa shape index (κ2) is 6.91. The molecule has 0 radical (unpaired) electrons. The van der Waals surface area contributed by atoms with E-state index in [9.17, 15) is 4.79 Å². The highest BCUT2D eigenvalue weighted by molar-refractivity contribution is 5.73. The lowest BCUT2D eigenvalue weighted by Gasteiger charge is -2.13. The van der Waals surface area contributed by atoms with Gasteiger partial charge in [-0.1, -0.05) is 13.3 Å². The molecule has 1 unspecified atom stereocenters. The van der Waals surface area contributed by atoms with E-state index >= 15 is 0 Å². The van der Waals surface area contributed by atoms with Crippen LogP contribution in [0.25, 0.3) is 0 Å². The fourth-order valence-electron chi connectivity index (χ4n) is 0.959. The van der Waals surface area contributed by atoms with Crippen molar-refractivity contribution in [2.24, 2.45) is 5.92 Å². The van der Waals surface area contributed by atoms with E-state index in [-0.39, 0.29) is 12.6 Å². The van der Waals surface area contributed by atoms with E-state index in [1.54, 1.807) is 7.05 Å². The standard InChI is InChI=1S/C8H18N2O2/c1-3-7(4-5-11)6-10-8(12)9-2/h7,11H,3-6H2,1-2H3,(H2,9,10,12). The Bertz CT molecular complexity index is 128. The average Bonchev–Trinajstić information content (AvgIpc) is 2.11. The number of urea groups is 1. The summed E-state index contributed by atoms with van der Waals surface area (Å²) in [5.41, 5.74) is 0. The van der Waals surface area contributed by atoms with Gasteiger partial charge in [-0.3, -0.25) is 0 Å². The molecule has 0 aromatic rings. The lowest BCUT2D eigenvalue weighted by Crippen LogP contribution is -2.36. The number of carbonyl (C=O) groups is 1. The van der Waals surface area contributed by atoms with Gasteiger partial charge in [0.1, 0.15) is 0 Å². The summed E-state index contributed by atoms with van der Waals surface area (Å²) in [6.45, 7) is 2.87. The van der Waals surface area contributed by atoms with Gasteiger partial charge in [0.05, 0.1) is 0 Å². The molecule has 0 aliphatic carbocycles. The smallest absolute Gasteiger partial charge is 0.314 e. The van der Waals surface area contributed by atoms with Gasteiger partial charge in [0.15, 0.2) is 0 Å². The fourth-order valence-corrected chi connectivity index (χ4v) is 0.959. The zero-order valence-corrected chi connectivity index (χ0v) is 7.76. The summed E-state index contributed by atoms with van der Waals surface area (Å²) in [5, 5.41) is 13.8. The number of amides is 2. The third-order valence-corrected chi connectivity index (χ3v) is 1.89. The van der Waals surface area contributed by atoms with Crippen LogP contribution >= 0.6 is 0 Å². The first-order valence-electron chi connectivity index (χ1n) is 4.31. The Labute approximate surface area is 73.3 Å². The molecular weight excluding hydrogens is 156 g/mol. The van der Waals surface area contributed by atoms with Crippen LogP contribution in [0.5, 0.6) is 0 Å². The molecule has 0 aliphatic rings. The van der Waals surface area contributed by atoms with Crippen molar-refractivity contribution < 1.29 is 9.90 Å². The molecule has 0 heterocycles. The van der Waals surface area contributed by atoms with E-state index in [1.165, 1.54) is 0 Å². The summed E-state index contributed by atoms with van der Waals surface area (Å²) in [6, 6.07) is -0.161. The number of aliphatic hydroxyl groups excluding tert-OH is 1. The van der Waals surface area contributed by atoms with Gasteiger partial charge in [0, 0.05) is 20.2 Å². The van der Waals surface area contributed by atoms with E-state index in [2.05, 4.69) is 10.6 Å². The van der Waals surface area contributed by atoms with Crippen molar-refractivity contribution >= 4 is 6.03 Å². The topological polar surface area (TPSA) is 61.4 Å². The third kappa shape index (κ3) is 4.96. The van der Waals surface area contributed by atoms with Crippen molar-refractivity contribution in [1.82, 2.24) is 10.6 Å². The maximum atomic E-state index is 10.8. The summed E-state index contributed by atoms with van der Waals surface area (Å²) in [7, 11) is 1.59. The van der Waals surface area contributed by atoms with Gasteiger partial charge in [0.2, 0.25) is 0 Å². The first kappa shape index (κ1) is 11.2. The molecule has 0 fully saturated rings. The largest absolute Gasteiger partial charge is 0.396 e. The number of hydrogen-bond donors (Lipinski definition) is 3. The minimum absolute atomic E-state index is 0.161. The van der Waals surface area contributed by atoms with Crippen molar-refractivity contribution in [3.05, 3.63) is 0 Å². The predicted octanol–water partition coefficient (Wildman–Crippen LogP) is 0.324. The zero-order valence-electron chi connectivity index (χ0n) is 7.76. The lowest BCUT2D eigenvalue weighted by molar-refractivity contribution is 0.232. The molecule has 72 valence electrons. The van der Waals surface area contributed by atoms with Crippen molar-refractivity contribution in [3.63, 3.8) is 0 Å². The third-order valence-electron chi connectivity index (χ3n) is 1.89. The molecule has 0 bridgehead atoms. The summed E-state index contributed by atoms with van der Waals surface area (Å²) in [6.07, 6.45) is 1.73. The lowest BCUT2D eigenvalue weighted by atomic mass is 10.0. The van der Waals surface area contributed by atoms with Gasteiger partial charge in [0.25, 0.3) is 0 Å². The molecular formula is C8H18N2O2. The van der Waals surface area contributed by atoms with Crippen LogP contribution in [0.4, 0.5) is 4.79 Å². The maximum Gasteiger partial charge on any atom is 0.314 e. The minimum Gasteiger partial charge on any atom is -0.396 e. The molecule has 0 saturated carbocycles. The molecule has 3 N–H and O–H groups in total. The molecule has 4 nitrogen and oxygen atoms in total. The number of hydrogen-bond acceptors (Lipinski definition) is 2. The molecule has 0 spiro atoms. The van der Waals surface area contributed by atoms with Crippen molar-refractivity contribution in [3.8, 4) is 0 Å². The summed E-state index contributed by atoms with van der Waals surface area (Å²) >= 11 is 0. The SMILES string of the molecule is CCC(CCO)CNC(=O)NC. The molecule has 12 heavy (non-hydrogen) atoms. The van der Waals surface area contributed by atoms with E-state index in [4.69, 9.17) is 5.11 Å². The highest BCUT2D eigenvalue weighted by atomic mass is 16.3. The van der Waals surface area contributed by atoms with Crippen molar-refractivity contribution in [2.45, 2.75) is 19.8 Å². The van der Waals surface area contributed by atoms with Gasteiger partial charge in [-0.05, 0) is 12.3 Å². The Morgan fingerprint density at radius 3 is 2.67 bits per heavy atom. The predicted molar refractivity (Wildman–Crippen MR) is 47.9 cm³/mol. The van der Waals surface area contributed by atoms with Crippen LogP contribution in [0, 0.1) is 5.92 Å². The van der Waals surface area contributed by atoms with Gasteiger partial charge < -0.3 is 15.7 Å². The van der Waals surface area contributed by atoms with Crippen LogP contribution in [-0.2, 0) is 0 Å². The summed E-state index contributed by atoms with van der Waals surface area (Å²) < 4.78 is 0. The average molecular weight is 174 g/mol. The molecule has 0 rings (SSSR count). The first-order chi connectivity index (χ1) is 5.74. The Kier molecular flexibility index (Phi) is 6.47. The van der Waals surface area contributed by atoms with Gasteiger partial charge in [-0.15, -0.1) is 0 Å². The van der Waals surface area contributed by atoms with Crippen molar-refractivity contribution in [1.29, 1.82) is 0 Å². The second-order valence-corrected chi connectivity index (χ2v) is 2.75. The zero-order chi connectivity index (χ0) is 9.40. The number of nitrogens with one attached hydrogen (secondary N) is 2.